The molecule has 0 aromatic rings. The minimum Gasteiger partial charge on any atom is -0.446 e. The maximum absolute atomic E-state index is 13.4. The third-order valence-electron chi connectivity index (χ3n) is 22.1. The highest BCUT2D eigenvalue weighted by atomic mass is 32.2. The van der Waals surface area contributed by atoms with Crippen molar-refractivity contribution in [1.29, 1.82) is 0 Å². The third-order valence-corrected chi connectivity index (χ3v) is 23.8. The average molecular weight is 1200 g/mol. The highest BCUT2D eigenvalue weighted by Gasteiger charge is 2.70. The topological polar surface area (TPSA) is 365 Å². The molecule has 10 N–H and O–H groups in total. The van der Waals surface area contributed by atoms with Crippen molar-refractivity contribution in [1.82, 2.24) is 10.6 Å². The van der Waals surface area contributed by atoms with Crippen LogP contribution in [0.1, 0.15) is 171 Å². The number of carbonyl (C=O) groups is 6. The summed E-state index contributed by atoms with van der Waals surface area (Å²) in [5.41, 5.74) is 8.42. The van der Waals surface area contributed by atoms with Gasteiger partial charge >= 0.3 is 24.4 Å². The van der Waals surface area contributed by atoms with Crippen molar-refractivity contribution in [2.45, 2.75) is 220 Å². The number of amides is 4. The fourth-order valence-corrected chi connectivity index (χ4v) is 18.2. The summed E-state index contributed by atoms with van der Waals surface area (Å²) in [7, 11) is -8.59. The number of hydrogen-bond acceptors (Lipinski definition) is 18. The number of imide groups is 2. The Labute approximate surface area is 484 Å². The van der Waals surface area contributed by atoms with Crippen LogP contribution < -0.4 is 22.1 Å². The molecule has 0 radical (unpaired) electrons. The Morgan fingerprint density at radius 2 is 0.854 bits per heavy atom. The van der Waals surface area contributed by atoms with Gasteiger partial charge in [-0.15, -0.1) is 13.2 Å². The molecule has 82 heavy (non-hydrogen) atoms. The van der Waals surface area contributed by atoms with E-state index in [1.165, 1.54) is 0 Å². The van der Waals surface area contributed by atoms with E-state index in [0.29, 0.717) is 51.4 Å². The summed E-state index contributed by atoms with van der Waals surface area (Å²) in [5, 5.41) is 27.6. The highest BCUT2D eigenvalue weighted by molar-refractivity contribution is 7.89. The van der Waals surface area contributed by atoms with E-state index in [0.717, 1.165) is 64.2 Å². The van der Waals surface area contributed by atoms with Gasteiger partial charge in [-0.1, -0.05) is 67.5 Å². The molecule has 466 valence electrons. The van der Waals surface area contributed by atoms with Gasteiger partial charge in [-0.3, -0.25) is 18.7 Å². The number of carbonyl (C=O) groups excluding carboxylic acids is 6. The normalized spacial score (nSPS) is 42.6. The smallest absolute Gasteiger partial charge is 0.416 e. The van der Waals surface area contributed by atoms with Gasteiger partial charge in [-0.05, 0) is 137 Å². The van der Waals surface area contributed by atoms with Crippen LogP contribution >= 0.6 is 0 Å². The van der Waals surface area contributed by atoms with Crippen molar-refractivity contribution in [3.05, 3.63) is 25.3 Å². The summed E-state index contributed by atoms with van der Waals surface area (Å²) in [6.07, 6.45) is 8.99. The predicted molar refractivity (Wildman–Crippen MR) is 303 cm³/mol. The summed E-state index contributed by atoms with van der Waals surface area (Å²) in [6.45, 7) is 24.4. The molecule has 4 amide bonds. The van der Waals surface area contributed by atoms with E-state index in [-0.39, 0.29) is 82.2 Å². The summed E-state index contributed by atoms with van der Waals surface area (Å²) in [6, 6.07) is 0.246. The summed E-state index contributed by atoms with van der Waals surface area (Å²) in [4.78, 5) is 77.8. The second kappa shape index (κ2) is 25.5. The zero-order valence-corrected chi connectivity index (χ0v) is 50.9. The maximum atomic E-state index is 13.4. The lowest BCUT2D eigenvalue weighted by atomic mass is 9.44. The molecule has 24 heteroatoms. The van der Waals surface area contributed by atoms with Crippen molar-refractivity contribution >= 4 is 56.2 Å². The predicted octanol–water partition coefficient (Wildman–Crippen LogP) is 7.73. The molecular formula is C58H94N4O18S2. The molecule has 8 aliphatic carbocycles. The van der Waals surface area contributed by atoms with E-state index in [1.807, 2.05) is 13.8 Å². The first-order valence-electron chi connectivity index (χ1n) is 29.4. The van der Waals surface area contributed by atoms with Crippen LogP contribution in [-0.4, -0.2) is 132 Å². The first-order chi connectivity index (χ1) is 37.9. The van der Waals surface area contributed by atoms with Gasteiger partial charge in [0.15, 0.2) is 0 Å². The molecule has 8 saturated carbocycles. The van der Waals surface area contributed by atoms with Crippen LogP contribution in [0.25, 0.3) is 0 Å². The Kier molecular flexibility index (Phi) is 20.9. The van der Waals surface area contributed by atoms with Gasteiger partial charge in [0, 0.05) is 58.4 Å². The summed E-state index contributed by atoms with van der Waals surface area (Å²) in [5.74, 6) is -2.18. The number of nitrogens with one attached hydrogen (secondary N) is 2. The molecule has 0 saturated heterocycles. The van der Waals surface area contributed by atoms with Crippen LogP contribution in [0, 0.1) is 68.0 Å². The molecule has 4 bridgehead atoms. The highest BCUT2D eigenvalue weighted by Crippen LogP contribution is 2.69. The third kappa shape index (κ3) is 13.9. The van der Waals surface area contributed by atoms with Crippen molar-refractivity contribution in [3.8, 4) is 0 Å². The number of ketones is 2. The molecule has 8 fully saturated rings. The first-order valence-corrected chi connectivity index (χ1v) is 32.6. The minimum atomic E-state index is -4.30. The molecule has 16 atom stereocenters. The Morgan fingerprint density at radius 1 is 0.549 bits per heavy atom. The lowest BCUT2D eigenvalue weighted by molar-refractivity contribution is -0.191. The van der Waals surface area contributed by atoms with Gasteiger partial charge in [0.1, 0.15) is 36.0 Å². The molecule has 0 aliphatic heterocycles. The number of ether oxygens (including phenoxy) is 4. The Morgan fingerprint density at radius 3 is 1.15 bits per heavy atom. The van der Waals surface area contributed by atoms with E-state index in [4.69, 9.17) is 39.5 Å². The van der Waals surface area contributed by atoms with Crippen molar-refractivity contribution in [2.75, 3.05) is 11.5 Å². The molecule has 8 rings (SSSR count). The van der Waals surface area contributed by atoms with Gasteiger partial charge in [-0.2, -0.15) is 16.8 Å². The lowest BCUT2D eigenvalue weighted by Crippen LogP contribution is -2.63. The number of aliphatic hydroxyl groups excluding tert-OH is 2. The van der Waals surface area contributed by atoms with E-state index in [1.54, 1.807) is 12.2 Å². The van der Waals surface area contributed by atoms with Gasteiger partial charge in [0.05, 0.1) is 23.7 Å². The van der Waals surface area contributed by atoms with E-state index in [2.05, 4.69) is 65.3 Å². The van der Waals surface area contributed by atoms with Crippen LogP contribution in [0.3, 0.4) is 0 Å². The van der Waals surface area contributed by atoms with Gasteiger partial charge < -0.3 is 40.6 Å². The van der Waals surface area contributed by atoms with Gasteiger partial charge in [-0.25, -0.2) is 29.8 Å². The zero-order valence-electron chi connectivity index (χ0n) is 49.3. The maximum Gasteiger partial charge on any atom is 0.416 e. The molecule has 0 heterocycles. The molecular weight excluding hydrogens is 1100 g/mol. The number of rotatable bonds is 9. The molecule has 0 aromatic heterocycles. The number of aliphatic hydroxyl groups is 2. The largest absolute Gasteiger partial charge is 0.446 e. The summed E-state index contributed by atoms with van der Waals surface area (Å²) < 4.78 is 78.3. The molecule has 8 aliphatic rings. The van der Waals surface area contributed by atoms with Gasteiger partial charge in [0.25, 0.3) is 20.2 Å². The van der Waals surface area contributed by atoms with Crippen LogP contribution in [0.4, 0.5) is 19.2 Å². The monoisotopic (exact) mass is 1200 g/mol. The second-order valence-electron chi connectivity index (χ2n) is 26.7. The number of alkyl carbamates (subject to hydrolysis) is 4. The Hall–Kier alpha value is -4.04. The first kappa shape index (κ1) is 67.1. The van der Waals surface area contributed by atoms with Crippen molar-refractivity contribution in [2.24, 2.45) is 79.5 Å². The van der Waals surface area contributed by atoms with E-state index in [9.17, 15) is 55.8 Å². The summed E-state index contributed by atoms with van der Waals surface area (Å²) >= 11 is 0. The van der Waals surface area contributed by atoms with Crippen LogP contribution in [0.15, 0.2) is 25.3 Å². The molecule has 0 aromatic carbocycles. The average Bonchev–Trinajstić information content (AvgIpc) is 2.00. The van der Waals surface area contributed by atoms with Crippen LogP contribution in [0.2, 0.25) is 0 Å². The van der Waals surface area contributed by atoms with E-state index >= 15 is 0 Å². The lowest BCUT2D eigenvalue weighted by Gasteiger charge is -2.61. The van der Waals surface area contributed by atoms with Crippen LogP contribution in [-0.2, 0) is 48.8 Å². The minimum absolute atomic E-state index is 0.0999. The second-order valence-corrected chi connectivity index (χ2v) is 29.8. The molecule has 4 unspecified atom stereocenters. The van der Waals surface area contributed by atoms with E-state index < -0.39 is 102 Å². The number of hydrogen-bond donors (Lipinski definition) is 8. The van der Waals surface area contributed by atoms with Crippen molar-refractivity contribution in [3.63, 3.8) is 0 Å². The van der Waals surface area contributed by atoms with Gasteiger partial charge in [0.2, 0.25) is 0 Å². The molecule has 22 nitrogen and oxygen atoms in total. The molecule has 0 spiro atoms. The number of nitrogens with two attached hydrogens (primary N) is 2. The fraction of sp³-hybridized carbons (Fsp3) is 0.828. The fourth-order valence-electron chi connectivity index (χ4n) is 16.5. The quantitative estimate of drug-likeness (QED) is 0.0621. The van der Waals surface area contributed by atoms with Crippen LogP contribution in [0.5, 0.6) is 0 Å². The standard InChI is InChI=1S/2C28H44N2O6.C2H6O6S2/c2*1-6-26(4)15-21(36-25(34)30-24(33)35-19-9-7-18(29)8-10-19)27(5)16(2)11-13-28(17(3)23(26)32)14-12-20(31)22(27)28;3-9(4,5)1-2-10(6,7)8/h2*6,16-19,21-23,32H,1,7-15,29H2,2-5H3,(H,30,33,34);1-2H2,(H,3,4,5)(H,6,7,8)/t2*16-,17+,18?,19?,21-,22?,23+,26-,27+,28?;/m11./s1. The Balaban J connectivity index is 0.000000226. The Bertz CT molecular complexity index is 2450. The number of Topliss-reactive ketones (excluding diaryl/α,β-unsaturated/α-hetero) is 2. The zero-order chi connectivity index (χ0) is 61.3. The SMILES string of the molecule is C=C[C@]1(C)C[C@@H](OC(=O)NC(=O)OC2CCC(N)CC2)[C@@]2(C)C3C(=O)CCC3(CC[C@H]2C)[C@@H](C)[C@@H]1O.C=C[C@]1(C)C[C@@H](OC(=O)NC(=O)OC2CCC(N)CC2)[C@@]2(C)C3C(=O)CCC3(CC[C@H]2C)[C@@H](C)[C@@H]1O.O=S(=O)(O)CCS(=O)(=O)O. The van der Waals surface area contributed by atoms with Crippen molar-refractivity contribution < 1.29 is 83.9 Å².